The fraction of sp³-hybridized carbons (Fsp3) is 0.897. The highest BCUT2D eigenvalue weighted by Gasteiger charge is 2.23. The number of phosphoric ester groups is 1. The van der Waals surface area contributed by atoms with Crippen molar-refractivity contribution in [2.24, 2.45) is 0 Å². The van der Waals surface area contributed by atoms with Crippen molar-refractivity contribution in [1.82, 2.24) is 5.32 Å². The molecule has 3 atom stereocenters. The monoisotopic (exact) mass is 562 g/mol. The summed E-state index contributed by atoms with van der Waals surface area (Å²) in [4.78, 5) is 24.7. The zero-order valence-corrected chi connectivity index (χ0v) is 26.0. The maximum absolute atomic E-state index is 12.5. The lowest BCUT2D eigenvalue weighted by molar-refractivity contribution is -0.870. The van der Waals surface area contributed by atoms with Gasteiger partial charge in [0, 0.05) is 6.42 Å². The molecule has 0 fully saturated rings. The molecule has 2 N–H and O–H groups in total. The van der Waals surface area contributed by atoms with Crippen LogP contribution in [0.1, 0.15) is 117 Å². The molecule has 0 heterocycles. The van der Waals surface area contributed by atoms with E-state index < -0.39 is 20.0 Å². The van der Waals surface area contributed by atoms with Gasteiger partial charge < -0.3 is 28.8 Å². The Bertz CT molecular complexity index is 653. The number of aliphatic hydroxyl groups is 1. The van der Waals surface area contributed by atoms with E-state index in [-0.39, 0.29) is 19.1 Å². The first-order chi connectivity index (χ1) is 18.0. The highest BCUT2D eigenvalue weighted by atomic mass is 31.2. The number of carbonyl (C=O) groups excluding carboxylic acids is 1. The minimum absolute atomic E-state index is 0.000392. The lowest BCUT2D eigenvalue weighted by atomic mass is 10.1. The van der Waals surface area contributed by atoms with Gasteiger partial charge in [-0.15, -0.1) is 0 Å². The Labute approximate surface area is 233 Å². The molecule has 0 aromatic carbocycles. The number of amides is 1. The molecule has 0 saturated heterocycles. The minimum atomic E-state index is -4.55. The van der Waals surface area contributed by atoms with Crippen molar-refractivity contribution in [2.45, 2.75) is 129 Å². The number of rotatable bonds is 26. The van der Waals surface area contributed by atoms with E-state index in [1.54, 1.807) is 6.08 Å². The molecule has 3 unspecified atom stereocenters. The number of carbonyl (C=O) groups is 1. The third-order valence-corrected chi connectivity index (χ3v) is 7.46. The Morgan fingerprint density at radius 3 is 1.97 bits per heavy atom. The zero-order valence-electron chi connectivity index (χ0n) is 25.1. The maximum atomic E-state index is 12.5. The zero-order chi connectivity index (χ0) is 28.7. The quantitative estimate of drug-likeness (QED) is 0.0590. The third kappa shape index (κ3) is 24.3. The summed E-state index contributed by atoms with van der Waals surface area (Å²) in [5, 5.41) is 13.5. The molecule has 0 aliphatic carbocycles. The van der Waals surface area contributed by atoms with E-state index >= 15 is 0 Å². The van der Waals surface area contributed by atoms with E-state index in [0.717, 1.165) is 38.5 Å². The molecular formula is C29H59N2O6P. The molecule has 0 aliphatic rings. The number of phosphoric acid groups is 1. The highest BCUT2D eigenvalue weighted by Crippen LogP contribution is 2.38. The Kier molecular flexibility index (Phi) is 22.5. The molecule has 9 heteroatoms. The number of likely N-dealkylation sites (N-methyl/N-ethyl adjacent to an activating group) is 1. The predicted molar refractivity (Wildman–Crippen MR) is 155 cm³/mol. The van der Waals surface area contributed by atoms with Crippen molar-refractivity contribution < 1.29 is 32.9 Å². The average molecular weight is 563 g/mol. The van der Waals surface area contributed by atoms with Gasteiger partial charge in [0.2, 0.25) is 5.91 Å². The van der Waals surface area contributed by atoms with Crippen LogP contribution >= 0.6 is 7.82 Å². The predicted octanol–water partition coefficient (Wildman–Crippen LogP) is 5.88. The lowest BCUT2D eigenvalue weighted by Gasteiger charge is -2.29. The van der Waals surface area contributed by atoms with Crippen LogP contribution in [0.5, 0.6) is 0 Å². The number of hydrogen-bond donors (Lipinski definition) is 2. The van der Waals surface area contributed by atoms with Crippen LogP contribution in [0.25, 0.3) is 0 Å². The van der Waals surface area contributed by atoms with Crippen molar-refractivity contribution in [1.29, 1.82) is 0 Å². The fourth-order valence-corrected chi connectivity index (χ4v) is 4.69. The number of unbranched alkanes of at least 4 members (excludes halogenated alkanes) is 13. The van der Waals surface area contributed by atoms with E-state index in [4.69, 9.17) is 9.05 Å². The molecule has 226 valence electrons. The second-order valence-electron chi connectivity index (χ2n) is 11.5. The Hall–Kier alpha value is -0.760. The number of nitrogens with one attached hydrogen (secondary N) is 1. The van der Waals surface area contributed by atoms with Gasteiger partial charge in [-0.3, -0.25) is 9.36 Å². The first-order valence-electron chi connectivity index (χ1n) is 15.1. The lowest BCUT2D eigenvalue weighted by Crippen LogP contribution is -2.45. The summed E-state index contributed by atoms with van der Waals surface area (Å²) in [6.07, 6.45) is 19.9. The molecule has 0 aromatic heterocycles. The molecular weight excluding hydrogens is 503 g/mol. The number of quaternary nitrogens is 1. The smallest absolute Gasteiger partial charge is 0.268 e. The van der Waals surface area contributed by atoms with Crippen LogP contribution < -0.4 is 10.2 Å². The molecule has 1 amide bonds. The topological polar surface area (TPSA) is 108 Å². The van der Waals surface area contributed by atoms with E-state index in [0.29, 0.717) is 17.4 Å². The van der Waals surface area contributed by atoms with Crippen molar-refractivity contribution in [3.05, 3.63) is 12.2 Å². The number of aliphatic hydroxyl groups excluding tert-OH is 1. The maximum Gasteiger partial charge on any atom is 0.268 e. The van der Waals surface area contributed by atoms with E-state index in [2.05, 4.69) is 19.2 Å². The molecule has 0 radical (unpaired) electrons. The van der Waals surface area contributed by atoms with Crippen LogP contribution in [-0.2, 0) is 18.4 Å². The summed E-state index contributed by atoms with van der Waals surface area (Å²) in [5.41, 5.74) is 0. The van der Waals surface area contributed by atoms with Gasteiger partial charge in [-0.1, -0.05) is 103 Å². The highest BCUT2D eigenvalue weighted by molar-refractivity contribution is 7.45. The SMILES string of the molecule is CCCCCCCCCC/C=C/C(O)C(COP(=O)([O-])OCC[N+](C)(C)C)NC(=O)CCCCCCCC. The standard InChI is InChI=1S/C29H59N2O6P/c1-6-8-10-12-14-15-16-17-18-20-22-28(32)27(30-29(33)23-21-19-13-11-9-7-2)26-37-38(34,35)36-25-24-31(3,4)5/h20,22,27-28,32H,6-19,21,23-26H2,1-5H3,(H-,30,33,34,35)/b22-20+. The second kappa shape index (κ2) is 23.0. The first-order valence-corrected chi connectivity index (χ1v) is 16.5. The Morgan fingerprint density at radius 1 is 0.895 bits per heavy atom. The second-order valence-corrected chi connectivity index (χ2v) is 12.9. The summed E-state index contributed by atoms with van der Waals surface area (Å²) >= 11 is 0. The summed E-state index contributed by atoms with van der Waals surface area (Å²) < 4.78 is 22.8. The van der Waals surface area contributed by atoms with Gasteiger partial charge in [0.05, 0.1) is 39.9 Å². The molecule has 8 nitrogen and oxygen atoms in total. The summed E-state index contributed by atoms with van der Waals surface area (Å²) in [5.74, 6) is -0.212. The largest absolute Gasteiger partial charge is 0.756 e. The summed E-state index contributed by atoms with van der Waals surface area (Å²) in [6, 6.07) is -0.873. The summed E-state index contributed by atoms with van der Waals surface area (Å²) in [7, 11) is 1.25. The van der Waals surface area contributed by atoms with Gasteiger partial charge >= 0.3 is 0 Å². The number of nitrogens with zero attached hydrogens (tertiary/aromatic N) is 1. The van der Waals surface area contributed by atoms with Gasteiger partial charge in [-0.2, -0.15) is 0 Å². The molecule has 38 heavy (non-hydrogen) atoms. The van der Waals surface area contributed by atoms with Gasteiger partial charge in [-0.05, 0) is 19.3 Å². The average Bonchev–Trinajstić information content (AvgIpc) is 2.84. The van der Waals surface area contributed by atoms with Crippen LogP contribution in [0.15, 0.2) is 12.2 Å². The van der Waals surface area contributed by atoms with Crippen LogP contribution in [0.4, 0.5) is 0 Å². The van der Waals surface area contributed by atoms with E-state index in [9.17, 15) is 19.4 Å². The summed E-state index contributed by atoms with van der Waals surface area (Å²) in [6.45, 7) is 4.51. The van der Waals surface area contributed by atoms with Crippen LogP contribution in [-0.4, -0.2) is 68.5 Å². The van der Waals surface area contributed by atoms with Crippen molar-refractivity contribution in [3.63, 3.8) is 0 Å². The Morgan fingerprint density at radius 2 is 1.42 bits per heavy atom. The number of hydrogen-bond acceptors (Lipinski definition) is 6. The van der Waals surface area contributed by atoms with Crippen LogP contribution in [0, 0.1) is 0 Å². The minimum Gasteiger partial charge on any atom is -0.756 e. The molecule has 0 aromatic rings. The first kappa shape index (κ1) is 37.2. The van der Waals surface area contributed by atoms with Crippen molar-refractivity contribution >= 4 is 13.7 Å². The molecule has 0 bridgehead atoms. The normalized spacial score (nSPS) is 15.4. The van der Waals surface area contributed by atoms with E-state index in [1.807, 2.05) is 27.2 Å². The van der Waals surface area contributed by atoms with Gasteiger partial charge in [0.15, 0.2) is 0 Å². The van der Waals surface area contributed by atoms with Crippen LogP contribution in [0.3, 0.4) is 0 Å². The van der Waals surface area contributed by atoms with Crippen LogP contribution in [0.2, 0.25) is 0 Å². The molecule has 0 aliphatic heterocycles. The van der Waals surface area contributed by atoms with Gasteiger partial charge in [0.25, 0.3) is 7.82 Å². The van der Waals surface area contributed by atoms with Gasteiger partial charge in [0.1, 0.15) is 13.2 Å². The van der Waals surface area contributed by atoms with E-state index in [1.165, 1.54) is 57.8 Å². The molecule has 0 saturated carbocycles. The molecule has 0 spiro atoms. The third-order valence-electron chi connectivity index (χ3n) is 6.50. The fourth-order valence-electron chi connectivity index (χ4n) is 3.97. The Balaban J connectivity index is 4.69. The van der Waals surface area contributed by atoms with Crippen molar-refractivity contribution in [3.8, 4) is 0 Å². The van der Waals surface area contributed by atoms with Crippen molar-refractivity contribution in [2.75, 3.05) is 40.9 Å². The number of allylic oxidation sites excluding steroid dienone is 1. The van der Waals surface area contributed by atoms with Gasteiger partial charge in [-0.25, -0.2) is 0 Å². The molecule has 0 rings (SSSR count).